The van der Waals surface area contributed by atoms with Crippen LogP contribution in [0.15, 0.2) is 41.5 Å². The molecule has 2 amide bonds. The van der Waals surface area contributed by atoms with Crippen molar-refractivity contribution in [3.8, 4) is 11.5 Å². The third kappa shape index (κ3) is 5.54. The molecule has 2 atom stereocenters. The van der Waals surface area contributed by atoms with Crippen molar-refractivity contribution >= 4 is 23.4 Å². The lowest BCUT2D eigenvalue weighted by molar-refractivity contribution is -0.133. The van der Waals surface area contributed by atoms with Crippen molar-refractivity contribution in [2.75, 3.05) is 20.8 Å². The summed E-state index contributed by atoms with van der Waals surface area (Å²) in [5, 5.41) is 0.324. The molecule has 1 aromatic rings. The number of allylic oxidation sites excluding steroid dienone is 3. The number of carbonyl (C=O) groups excluding carboxylic acids is 2. The standard InChI is InChI=1S/C22H29ClN2O4/c1-5-17(14(2)23)16(12-21(24)26)13-22(27)25-10-6-7-18(25)15-8-9-19(28-3)20(11-15)29-4/h5,8-9,11,16,18H,2,6-7,10,12-13H2,1,3-4H3,(H2,24,26)/b17-5+/t16-,18-/m0/s1. The van der Waals surface area contributed by atoms with E-state index >= 15 is 0 Å². The third-order valence-electron chi connectivity index (χ3n) is 5.30. The van der Waals surface area contributed by atoms with E-state index in [0.717, 1.165) is 18.4 Å². The number of likely N-dealkylation sites (tertiary alicyclic amines) is 1. The number of rotatable bonds is 9. The number of nitrogens with two attached hydrogens (primary N) is 1. The number of nitrogens with zero attached hydrogens (tertiary/aromatic N) is 1. The Labute approximate surface area is 177 Å². The highest BCUT2D eigenvalue weighted by molar-refractivity contribution is 6.31. The van der Waals surface area contributed by atoms with Crippen LogP contribution in [0.5, 0.6) is 11.5 Å². The summed E-state index contributed by atoms with van der Waals surface area (Å²) in [5.41, 5.74) is 7.08. The van der Waals surface area contributed by atoms with E-state index in [2.05, 4.69) is 6.58 Å². The van der Waals surface area contributed by atoms with Gasteiger partial charge in [0.15, 0.2) is 11.5 Å². The first-order chi connectivity index (χ1) is 13.8. The average molecular weight is 421 g/mol. The van der Waals surface area contributed by atoms with Gasteiger partial charge in [0, 0.05) is 30.3 Å². The number of ether oxygens (including phenoxy) is 2. The smallest absolute Gasteiger partial charge is 0.223 e. The Morgan fingerprint density at radius 3 is 2.55 bits per heavy atom. The van der Waals surface area contributed by atoms with Crippen LogP contribution in [-0.4, -0.2) is 37.5 Å². The van der Waals surface area contributed by atoms with Crippen LogP contribution in [0, 0.1) is 5.92 Å². The van der Waals surface area contributed by atoms with Crippen molar-refractivity contribution in [2.45, 2.75) is 38.6 Å². The summed E-state index contributed by atoms with van der Waals surface area (Å²) in [4.78, 5) is 26.6. The van der Waals surface area contributed by atoms with Crippen LogP contribution in [0.3, 0.4) is 0 Å². The zero-order valence-corrected chi connectivity index (χ0v) is 18.0. The van der Waals surface area contributed by atoms with E-state index in [1.165, 1.54) is 0 Å². The van der Waals surface area contributed by atoms with Gasteiger partial charge in [-0.1, -0.05) is 30.3 Å². The van der Waals surface area contributed by atoms with E-state index in [1.54, 1.807) is 20.3 Å². The first-order valence-electron chi connectivity index (χ1n) is 9.63. The first kappa shape index (κ1) is 22.8. The van der Waals surface area contributed by atoms with E-state index in [1.807, 2.05) is 30.0 Å². The van der Waals surface area contributed by atoms with Crippen molar-refractivity contribution in [3.63, 3.8) is 0 Å². The van der Waals surface area contributed by atoms with E-state index in [4.69, 9.17) is 26.8 Å². The minimum atomic E-state index is -0.474. The molecular formula is C22H29ClN2O4. The maximum atomic E-state index is 13.2. The van der Waals surface area contributed by atoms with Gasteiger partial charge in [-0.25, -0.2) is 0 Å². The van der Waals surface area contributed by atoms with Crippen LogP contribution in [0.1, 0.15) is 44.2 Å². The average Bonchev–Trinajstić information content (AvgIpc) is 3.17. The summed E-state index contributed by atoms with van der Waals surface area (Å²) < 4.78 is 10.7. The molecule has 1 aliphatic heterocycles. The van der Waals surface area contributed by atoms with Crippen molar-refractivity contribution < 1.29 is 19.1 Å². The van der Waals surface area contributed by atoms with Crippen LogP contribution in [0.4, 0.5) is 0 Å². The van der Waals surface area contributed by atoms with E-state index in [-0.39, 0.29) is 30.7 Å². The Balaban J connectivity index is 2.24. The zero-order valence-electron chi connectivity index (χ0n) is 17.2. The van der Waals surface area contributed by atoms with Gasteiger partial charge >= 0.3 is 0 Å². The molecule has 1 saturated heterocycles. The van der Waals surface area contributed by atoms with Gasteiger partial charge in [-0.3, -0.25) is 9.59 Å². The minimum Gasteiger partial charge on any atom is -0.493 e. The second kappa shape index (κ2) is 10.3. The minimum absolute atomic E-state index is 0.0363. The summed E-state index contributed by atoms with van der Waals surface area (Å²) in [7, 11) is 3.18. The summed E-state index contributed by atoms with van der Waals surface area (Å²) in [5.74, 6) is 0.378. The van der Waals surface area contributed by atoms with Crippen molar-refractivity contribution in [1.82, 2.24) is 4.90 Å². The number of hydrogen-bond acceptors (Lipinski definition) is 4. The van der Waals surface area contributed by atoms with Gasteiger partial charge in [-0.2, -0.15) is 0 Å². The lowest BCUT2D eigenvalue weighted by atomic mass is 9.90. The monoisotopic (exact) mass is 420 g/mol. The highest BCUT2D eigenvalue weighted by Gasteiger charge is 2.32. The number of methoxy groups -OCH3 is 2. The second-order valence-electron chi connectivity index (χ2n) is 7.08. The lowest BCUT2D eigenvalue weighted by Crippen LogP contribution is -2.33. The Morgan fingerprint density at radius 1 is 1.31 bits per heavy atom. The molecular weight excluding hydrogens is 392 g/mol. The molecule has 29 heavy (non-hydrogen) atoms. The highest BCUT2D eigenvalue weighted by atomic mass is 35.5. The third-order valence-corrected chi connectivity index (χ3v) is 5.52. The summed E-state index contributed by atoms with van der Waals surface area (Å²) >= 11 is 6.09. The molecule has 1 aliphatic rings. The fraction of sp³-hybridized carbons (Fsp3) is 0.455. The van der Waals surface area contributed by atoms with E-state index in [9.17, 15) is 9.59 Å². The topological polar surface area (TPSA) is 81.9 Å². The summed E-state index contributed by atoms with van der Waals surface area (Å²) in [6.07, 6.45) is 3.75. The molecule has 0 aliphatic carbocycles. The zero-order chi connectivity index (χ0) is 21.6. The lowest BCUT2D eigenvalue weighted by Gasteiger charge is -2.28. The number of halogens is 1. The van der Waals surface area contributed by atoms with Gasteiger partial charge < -0.3 is 20.1 Å². The Hall–Kier alpha value is -2.47. The molecule has 7 heteroatoms. The Morgan fingerprint density at radius 2 is 2.00 bits per heavy atom. The van der Waals surface area contributed by atoms with Crippen LogP contribution < -0.4 is 15.2 Å². The molecule has 2 rings (SSSR count). The Bertz CT molecular complexity index is 806. The molecule has 6 nitrogen and oxygen atoms in total. The molecule has 1 fully saturated rings. The maximum absolute atomic E-state index is 13.2. The molecule has 2 N–H and O–H groups in total. The maximum Gasteiger partial charge on any atom is 0.223 e. The van der Waals surface area contributed by atoms with Gasteiger partial charge in [0.1, 0.15) is 0 Å². The number of hydrogen-bond donors (Lipinski definition) is 1. The van der Waals surface area contributed by atoms with Crippen molar-refractivity contribution in [3.05, 3.63) is 47.0 Å². The predicted molar refractivity (Wildman–Crippen MR) is 114 cm³/mol. The molecule has 0 unspecified atom stereocenters. The summed E-state index contributed by atoms with van der Waals surface area (Å²) in [6, 6.07) is 5.66. The quantitative estimate of drug-likeness (QED) is 0.613. The SMILES string of the molecule is C=C(Cl)/C(=C\C)[C@@H](CC(N)=O)CC(=O)N1CCC[C@H]1c1ccc(OC)c(OC)c1. The van der Waals surface area contributed by atoms with E-state index < -0.39 is 5.91 Å². The second-order valence-corrected chi connectivity index (χ2v) is 7.54. The molecule has 0 spiro atoms. The van der Waals surface area contributed by atoms with Crippen LogP contribution in [-0.2, 0) is 9.59 Å². The number of carbonyl (C=O) groups is 2. The number of amides is 2. The van der Waals surface area contributed by atoms with Crippen LogP contribution >= 0.6 is 11.6 Å². The fourth-order valence-electron chi connectivity index (χ4n) is 3.95. The molecule has 0 radical (unpaired) electrons. The van der Waals surface area contributed by atoms with Gasteiger partial charge in [-0.15, -0.1) is 0 Å². The van der Waals surface area contributed by atoms with Crippen LogP contribution in [0.25, 0.3) is 0 Å². The Kier molecular flexibility index (Phi) is 8.14. The molecule has 1 heterocycles. The summed E-state index contributed by atoms with van der Waals surface area (Å²) in [6.45, 7) is 6.22. The molecule has 0 saturated carbocycles. The van der Waals surface area contributed by atoms with E-state index in [0.29, 0.717) is 28.6 Å². The van der Waals surface area contributed by atoms with Gasteiger partial charge in [0.05, 0.1) is 20.3 Å². The normalized spacial score (nSPS) is 17.7. The molecule has 0 aromatic heterocycles. The highest BCUT2D eigenvalue weighted by Crippen LogP contribution is 2.38. The first-order valence-corrected chi connectivity index (χ1v) is 10.0. The van der Waals surface area contributed by atoms with Crippen molar-refractivity contribution in [2.24, 2.45) is 11.7 Å². The van der Waals surface area contributed by atoms with Crippen LogP contribution in [0.2, 0.25) is 0 Å². The predicted octanol–water partition coefficient (Wildman–Crippen LogP) is 3.95. The molecule has 1 aromatic carbocycles. The van der Waals surface area contributed by atoms with Gasteiger partial charge in [0.25, 0.3) is 0 Å². The largest absolute Gasteiger partial charge is 0.493 e. The number of benzene rings is 1. The van der Waals surface area contributed by atoms with Gasteiger partial charge in [-0.05, 0) is 43.0 Å². The van der Waals surface area contributed by atoms with Crippen molar-refractivity contribution in [1.29, 1.82) is 0 Å². The molecule has 158 valence electrons. The fourth-order valence-corrected chi connectivity index (χ4v) is 4.21. The number of primary amides is 1. The van der Waals surface area contributed by atoms with Gasteiger partial charge in [0.2, 0.25) is 11.8 Å². The molecule has 0 bridgehead atoms.